The highest BCUT2D eigenvalue weighted by atomic mass is 16.7. The molecule has 0 aromatic rings. The summed E-state index contributed by atoms with van der Waals surface area (Å²) in [5.74, 6) is -4.70. The number of hydroxylamine groups is 1. The van der Waals surface area contributed by atoms with Crippen molar-refractivity contribution in [3.8, 4) is 0 Å². The quantitative estimate of drug-likeness (QED) is 0.116. The monoisotopic (exact) mass is 792 g/mol. The molecule has 6 unspecified atom stereocenters. The number of nitrogens with zero attached hydrogens (tertiary/aromatic N) is 2. The highest BCUT2D eigenvalue weighted by molar-refractivity contribution is 5.85. The van der Waals surface area contributed by atoms with Gasteiger partial charge in [0.25, 0.3) is 0 Å². The molecule has 0 saturated heterocycles. The van der Waals surface area contributed by atoms with Crippen molar-refractivity contribution in [2.45, 2.75) is 190 Å². The molecule has 0 aliphatic heterocycles. The lowest BCUT2D eigenvalue weighted by atomic mass is 9.72. The average Bonchev–Trinajstić information content (AvgIpc) is 3.19. The van der Waals surface area contributed by atoms with Crippen molar-refractivity contribution in [2.75, 3.05) is 6.61 Å². The van der Waals surface area contributed by atoms with E-state index in [9.17, 15) is 44.8 Å². The van der Waals surface area contributed by atoms with Gasteiger partial charge in [0.05, 0.1) is 48.8 Å². The Morgan fingerprint density at radius 3 is 1.45 bits per heavy atom. The number of aliphatic carboxylic acids is 2. The molecule has 56 heavy (non-hydrogen) atoms. The zero-order valence-corrected chi connectivity index (χ0v) is 32.7. The summed E-state index contributed by atoms with van der Waals surface area (Å²) in [7, 11) is 0. The number of amides is 1. The Balaban J connectivity index is 0.822. The number of carboxylic acid groups (broad SMARTS) is 2. The minimum atomic E-state index is -1.15. The van der Waals surface area contributed by atoms with Gasteiger partial charge in [-0.05, 0) is 140 Å². The van der Waals surface area contributed by atoms with Crippen LogP contribution in [-0.4, -0.2) is 93.1 Å². The number of carbonyl (C=O) groups is 3. The van der Waals surface area contributed by atoms with E-state index in [1.165, 1.54) is 25.7 Å². The van der Waals surface area contributed by atoms with E-state index in [-0.39, 0.29) is 54.8 Å². The van der Waals surface area contributed by atoms with E-state index in [1.807, 2.05) is 0 Å². The molecule has 0 radical (unpaired) electrons. The number of ether oxygens (including phenoxy) is 2. The van der Waals surface area contributed by atoms with Crippen LogP contribution in [0.1, 0.15) is 141 Å². The van der Waals surface area contributed by atoms with Crippen LogP contribution in [0.3, 0.4) is 0 Å². The molecule has 4 N–H and O–H groups in total. The molecule has 0 heterocycles. The van der Waals surface area contributed by atoms with Gasteiger partial charge in [-0.25, -0.2) is 0 Å². The number of nitrogens with one attached hydrogen (secondary N) is 2. The SMILES string of the molecule is O=C(O)C1CCCC([N+](=O)[O-])C1CONC1CCC(OC2CCC(C3CCC(OC4CCC(NC(=O)C5C(C(=O)O)CCCC5[N+](=O)[O-])CC4)CC3)CC2)CC1. The molecule has 6 fully saturated rings. The summed E-state index contributed by atoms with van der Waals surface area (Å²) in [4.78, 5) is 64.7. The number of carboxylic acids is 2. The maximum Gasteiger partial charge on any atom is 0.307 e. The van der Waals surface area contributed by atoms with Crippen LogP contribution < -0.4 is 10.8 Å². The van der Waals surface area contributed by atoms with Crippen molar-refractivity contribution in [1.29, 1.82) is 0 Å². The molecule has 6 rings (SSSR count). The smallest absolute Gasteiger partial charge is 0.307 e. The van der Waals surface area contributed by atoms with Crippen LogP contribution >= 0.6 is 0 Å². The summed E-state index contributed by atoms with van der Waals surface area (Å²) in [5, 5.41) is 45.4. The maximum absolute atomic E-state index is 13.1. The molecule has 16 heteroatoms. The summed E-state index contributed by atoms with van der Waals surface area (Å²) in [6.45, 7) is 0.0264. The lowest BCUT2D eigenvalue weighted by Gasteiger charge is -2.40. The molecule has 6 aliphatic rings. The molecule has 0 aromatic carbocycles. The van der Waals surface area contributed by atoms with E-state index < -0.39 is 58.5 Å². The normalized spacial score (nSPS) is 39.6. The van der Waals surface area contributed by atoms with Crippen molar-refractivity contribution in [2.24, 2.45) is 35.5 Å². The average molecular weight is 793 g/mol. The Hall–Kier alpha value is -2.95. The van der Waals surface area contributed by atoms with Gasteiger partial charge in [-0.2, -0.15) is 5.48 Å². The first kappa shape index (κ1) is 42.7. The Bertz CT molecular complexity index is 1290. The van der Waals surface area contributed by atoms with Crippen LogP contribution in [0.15, 0.2) is 0 Å². The number of rotatable bonds is 15. The Labute approximate surface area is 329 Å². The Morgan fingerprint density at radius 1 is 0.554 bits per heavy atom. The van der Waals surface area contributed by atoms with Crippen molar-refractivity contribution in [3.63, 3.8) is 0 Å². The Kier molecular flexibility index (Phi) is 15.3. The van der Waals surface area contributed by atoms with E-state index >= 15 is 0 Å². The molecule has 0 bridgehead atoms. The highest BCUT2D eigenvalue weighted by Crippen LogP contribution is 2.41. The molecule has 316 valence electrons. The fourth-order valence-corrected chi connectivity index (χ4v) is 11.2. The Morgan fingerprint density at radius 2 is 0.982 bits per heavy atom. The van der Waals surface area contributed by atoms with E-state index in [4.69, 9.17) is 14.3 Å². The van der Waals surface area contributed by atoms with E-state index in [0.29, 0.717) is 31.8 Å². The lowest BCUT2D eigenvalue weighted by Crippen LogP contribution is -2.52. The molecule has 16 nitrogen and oxygen atoms in total. The second kappa shape index (κ2) is 20.1. The van der Waals surface area contributed by atoms with Crippen LogP contribution in [0, 0.1) is 55.7 Å². The van der Waals surface area contributed by atoms with E-state index in [0.717, 1.165) is 88.9 Å². The van der Waals surface area contributed by atoms with Crippen molar-refractivity contribution >= 4 is 17.8 Å². The summed E-state index contributed by atoms with van der Waals surface area (Å²) in [6.07, 6.45) is 19.0. The molecular formula is C40H64N4O12. The predicted octanol–water partition coefficient (Wildman–Crippen LogP) is 5.69. The number of hydrogen-bond acceptors (Lipinski definition) is 11. The third-order valence-electron chi connectivity index (χ3n) is 14.5. The number of hydrogen-bond donors (Lipinski definition) is 4. The van der Waals surface area contributed by atoms with Gasteiger partial charge >= 0.3 is 11.9 Å². The zero-order chi connectivity index (χ0) is 39.8. The summed E-state index contributed by atoms with van der Waals surface area (Å²) in [6, 6.07) is -2.03. The van der Waals surface area contributed by atoms with Crippen LogP contribution in [0.5, 0.6) is 0 Å². The van der Waals surface area contributed by atoms with Crippen molar-refractivity contribution in [3.05, 3.63) is 20.2 Å². The summed E-state index contributed by atoms with van der Waals surface area (Å²) in [5.41, 5.74) is 3.08. The lowest BCUT2D eigenvalue weighted by molar-refractivity contribution is -0.538. The van der Waals surface area contributed by atoms with Crippen LogP contribution in [0.25, 0.3) is 0 Å². The summed E-state index contributed by atoms with van der Waals surface area (Å²) >= 11 is 0. The topological polar surface area (TPSA) is 230 Å². The van der Waals surface area contributed by atoms with Gasteiger partial charge in [0, 0.05) is 34.8 Å². The standard InChI is InChI=1S/C40H64N4O12/c45-38(37-33(40(48)49)4-2-6-36(37)44(52)53)41-26-11-19-30(20-12-26)55-28-15-7-24(8-16-28)25-9-17-29(18-10-25)56-31-21-13-27(14-22-31)42-54-23-34-32(39(46)47)3-1-5-35(34)43(50)51/h24-37,42H,1-23H2,(H,41,45)(H,46,47)(H,48,49). The van der Waals surface area contributed by atoms with Gasteiger partial charge in [0.15, 0.2) is 0 Å². The molecule has 1 amide bonds. The molecule has 0 aromatic heterocycles. The van der Waals surface area contributed by atoms with Gasteiger partial charge in [-0.15, -0.1) is 0 Å². The highest BCUT2D eigenvalue weighted by Gasteiger charge is 2.49. The van der Waals surface area contributed by atoms with E-state index in [1.54, 1.807) is 0 Å². The van der Waals surface area contributed by atoms with Crippen molar-refractivity contribution in [1.82, 2.24) is 10.8 Å². The van der Waals surface area contributed by atoms with Gasteiger partial charge in [-0.3, -0.25) is 34.6 Å². The van der Waals surface area contributed by atoms with Gasteiger partial charge < -0.3 is 29.8 Å². The second-order valence-corrected chi connectivity index (χ2v) is 17.9. The third-order valence-corrected chi connectivity index (χ3v) is 14.5. The fraction of sp³-hybridized carbons (Fsp3) is 0.925. The maximum atomic E-state index is 13.1. The molecule has 0 spiro atoms. The number of carbonyl (C=O) groups excluding carboxylic acids is 1. The van der Waals surface area contributed by atoms with Gasteiger partial charge in [0.2, 0.25) is 18.0 Å². The number of nitro groups is 2. The van der Waals surface area contributed by atoms with Crippen LogP contribution in [-0.2, 0) is 28.7 Å². The van der Waals surface area contributed by atoms with Crippen molar-refractivity contribution < 1.29 is 48.8 Å². The van der Waals surface area contributed by atoms with Crippen LogP contribution in [0.4, 0.5) is 0 Å². The molecule has 6 aliphatic carbocycles. The first-order valence-electron chi connectivity index (χ1n) is 21.7. The first-order valence-corrected chi connectivity index (χ1v) is 21.7. The molecular weight excluding hydrogens is 728 g/mol. The largest absolute Gasteiger partial charge is 0.481 e. The van der Waals surface area contributed by atoms with Gasteiger partial charge in [0.1, 0.15) is 5.92 Å². The first-order chi connectivity index (χ1) is 27.0. The van der Waals surface area contributed by atoms with Crippen LogP contribution in [0.2, 0.25) is 0 Å². The fourth-order valence-electron chi connectivity index (χ4n) is 11.2. The molecule has 6 atom stereocenters. The zero-order valence-electron chi connectivity index (χ0n) is 32.7. The third kappa shape index (κ3) is 11.2. The molecule has 6 saturated carbocycles. The summed E-state index contributed by atoms with van der Waals surface area (Å²) < 4.78 is 13.1. The van der Waals surface area contributed by atoms with E-state index in [2.05, 4.69) is 10.8 Å². The van der Waals surface area contributed by atoms with Gasteiger partial charge in [-0.1, -0.05) is 0 Å². The second-order valence-electron chi connectivity index (χ2n) is 17.9. The predicted molar refractivity (Wildman–Crippen MR) is 201 cm³/mol. The minimum absolute atomic E-state index is 0.0264. The minimum Gasteiger partial charge on any atom is -0.481 e.